The Kier molecular flexibility index (Phi) is 5.62. The van der Waals surface area contributed by atoms with E-state index in [0.717, 1.165) is 10.0 Å². The van der Waals surface area contributed by atoms with Gasteiger partial charge in [0.2, 0.25) is 0 Å². The highest BCUT2D eigenvalue weighted by molar-refractivity contribution is 9.10. The average Bonchev–Trinajstić information content (AvgIpc) is 2.62. The van der Waals surface area contributed by atoms with Crippen molar-refractivity contribution in [2.24, 2.45) is 0 Å². The summed E-state index contributed by atoms with van der Waals surface area (Å²) in [7, 11) is -3.69. The molecular formula is C20H17BrN2O3S. The molecule has 7 heteroatoms. The lowest BCUT2D eigenvalue weighted by Crippen LogP contribution is -2.14. The number of rotatable bonds is 5. The number of carbonyl (C=O) groups is 1. The third-order valence-electron chi connectivity index (χ3n) is 3.80. The fraction of sp³-hybridized carbons (Fsp3) is 0.0500. The van der Waals surface area contributed by atoms with Crippen LogP contribution in [0.2, 0.25) is 0 Å². The van der Waals surface area contributed by atoms with Crippen molar-refractivity contribution in [3.63, 3.8) is 0 Å². The second kappa shape index (κ2) is 7.94. The van der Waals surface area contributed by atoms with Gasteiger partial charge in [0.05, 0.1) is 4.90 Å². The lowest BCUT2D eigenvalue weighted by Gasteiger charge is -2.10. The lowest BCUT2D eigenvalue weighted by molar-refractivity contribution is 0.102. The number of nitrogens with one attached hydrogen (secondary N) is 2. The van der Waals surface area contributed by atoms with Crippen molar-refractivity contribution in [3.05, 3.63) is 88.4 Å². The first-order chi connectivity index (χ1) is 12.8. The SMILES string of the molecule is Cc1cccc(NC(=O)c2ccc(NS(=O)(=O)c3ccc(Br)cc3)cc2)c1. The van der Waals surface area contributed by atoms with Gasteiger partial charge in [0.25, 0.3) is 15.9 Å². The highest BCUT2D eigenvalue weighted by Gasteiger charge is 2.14. The van der Waals surface area contributed by atoms with Gasteiger partial charge in [-0.15, -0.1) is 0 Å². The normalized spacial score (nSPS) is 11.0. The molecule has 27 heavy (non-hydrogen) atoms. The first kappa shape index (κ1) is 19.1. The van der Waals surface area contributed by atoms with E-state index < -0.39 is 10.0 Å². The zero-order chi connectivity index (χ0) is 19.4. The molecule has 0 aliphatic carbocycles. The van der Waals surface area contributed by atoms with E-state index in [9.17, 15) is 13.2 Å². The smallest absolute Gasteiger partial charge is 0.261 e. The molecule has 5 nitrogen and oxygen atoms in total. The van der Waals surface area contributed by atoms with Gasteiger partial charge in [0.15, 0.2) is 0 Å². The maximum atomic E-state index is 12.4. The van der Waals surface area contributed by atoms with E-state index in [1.165, 1.54) is 12.1 Å². The molecule has 3 aromatic rings. The highest BCUT2D eigenvalue weighted by Crippen LogP contribution is 2.19. The summed E-state index contributed by atoms with van der Waals surface area (Å²) in [6, 6.07) is 20.1. The van der Waals surface area contributed by atoms with E-state index in [2.05, 4.69) is 26.0 Å². The van der Waals surface area contributed by atoms with Crippen LogP contribution in [-0.4, -0.2) is 14.3 Å². The Morgan fingerprint density at radius 3 is 2.19 bits per heavy atom. The molecule has 1 amide bonds. The molecule has 3 aromatic carbocycles. The molecule has 0 saturated carbocycles. The number of benzene rings is 3. The van der Waals surface area contributed by atoms with Crippen molar-refractivity contribution in [2.45, 2.75) is 11.8 Å². The molecule has 0 radical (unpaired) electrons. The molecule has 0 aliphatic heterocycles. The molecule has 0 atom stereocenters. The summed E-state index contributed by atoms with van der Waals surface area (Å²) in [5.74, 6) is -0.261. The van der Waals surface area contributed by atoms with Crippen LogP contribution >= 0.6 is 15.9 Å². The molecule has 0 heterocycles. The second-order valence-electron chi connectivity index (χ2n) is 5.96. The minimum atomic E-state index is -3.69. The Morgan fingerprint density at radius 2 is 1.56 bits per heavy atom. The number of anilines is 2. The van der Waals surface area contributed by atoms with Gasteiger partial charge in [-0.1, -0.05) is 28.1 Å². The Bertz CT molecular complexity index is 1060. The van der Waals surface area contributed by atoms with Crippen LogP contribution in [0.3, 0.4) is 0 Å². The third kappa shape index (κ3) is 4.96. The van der Waals surface area contributed by atoms with Gasteiger partial charge < -0.3 is 5.32 Å². The fourth-order valence-corrected chi connectivity index (χ4v) is 3.77. The van der Waals surface area contributed by atoms with Gasteiger partial charge in [-0.05, 0) is 73.2 Å². The van der Waals surface area contributed by atoms with Gasteiger partial charge in [-0.25, -0.2) is 8.42 Å². The van der Waals surface area contributed by atoms with E-state index in [0.29, 0.717) is 16.9 Å². The van der Waals surface area contributed by atoms with Gasteiger partial charge in [0, 0.05) is 21.4 Å². The number of halogens is 1. The molecule has 0 fully saturated rings. The maximum absolute atomic E-state index is 12.4. The minimum absolute atomic E-state index is 0.159. The number of carbonyl (C=O) groups excluding carboxylic acids is 1. The van der Waals surface area contributed by atoms with Crippen molar-refractivity contribution in [1.29, 1.82) is 0 Å². The zero-order valence-electron chi connectivity index (χ0n) is 14.4. The first-order valence-corrected chi connectivity index (χ1v) is 10.4. The van der Waals surface area contributed by atoms with Gasteiger partial charge >= 0.3 is 0 Å². The summed E-state index contributed by atoms with van der Waals surface area (Å²) < 4.78 is 28.1. The van der Waals surface area contributed by atoms with Crippen LogP contribution in [0.1, 0.15) is 15.9 Å². The summed E-state index contributed by atoms with van der Waals surface area (Å²) in [6.45, 7) is 1.95. The van der Waals surface area contributed by atoms with Crippen LogP contribution in [0, 0.1) is 6.92 Å². The minimum Gasteiger partial charge on any atom is -0.322 e. The van der Waals surface area contributed by atoms with E-state index in [-0.39, 0.29) is 10.8 Å². The quantitative estimate of drug-likeness (QED) is 0.592. The first-order valence-electron chi connectivity index (χ1n) is 8.10. The van der Waals surface area contributed by atoms with E-state index in [1.54, 1.807) is 36.4 Å². The van der Waals surface area contributed by atoms with Crippen LogP contribution in [-0.2, 0) is 10.0 Å². The number of sulfonamides is 1. The highest BCUT2D eigenvalue weighted by atomic mass is 79.9. The standard InChI is InChI=1S/C20H17BrN2O3S/c1-14-3-2-4-18(13-14)22-20(24)15-5-9-17(10-6-15)23-27(25,26)19-11-7-16(21)8-12-19/h2-13,23H,1H3,(H,22,24). The molecule has 2 N–H and O–H groups in total. The summed E-state index contributed by atoms with van der Waals surface area (Å²) >= 11 is 3.27. The van der Waals surface area contributed by atoms with E-state index >= 15 is 0 Å². The predicted octanol–water partition coefficient (Wildman–Crippen LogP) is 4.81. The van der Waals surface area contributed by atoms with E-state index in [1.807, 2.05) is 31.2 Å². The lowest BCUT2D eigenvalue weighted by atomic mass is 10.2. The fourth-order valence-electron chi connectivity index (χ4n) is 2.44. The molecule has 0 aliphatic rings. The summed E-state index contributed by atoms with van der Waals surface area (Å²) in [5.41, 5.74) is 2.57. The molecule has 138 valence electrons. The predicted molar refractivity (Wildman–Crippen MR) is 111 cm³/mol. The molecule has 0 spiro atoms. The van der Waals surface area contributed by atoms with Crippen LogP contribution in [0.4, 0.5) is 11.4 Å². The summed E-state index contributed by atoms with van der Waals surface area (Å²) in [6.07, 6.45) is 0. The van der Waals surface area contributed by atoms with Gasteiger partial charge in [0.1, 0.15) is 0 Å². The molecule has 0 saturated heterocycles. The van der Waals surface area contributed by atoms with Crippen LogP contribution in [0.25, 0.3) is 0 Å². The molecule has 0 aromatic heterocycles. The zero-order valence-corrected chi connectivity index (χ0v) is 16.8. The maximum Gasteiger partial charge on any atom is 0.261 e. The topological polar surface area (TPSA) is 75.3 Å². The second-order valence-corrected chi connectivity index (χ2v) is 8.56. The van der Waals surface area contributed by atoms with Gasteiger partial charge in [-0.2, -0.15) is 0 Å². The monoisotopic (exact) mass is 444 g/mol. The third-order valence-corrected chi connectivity index (χ3v) is 5.73. The summed E-state index contributed by atoms with van der Waals surface area (Å²) in [4.78, 5) is 12.5. The van der Waals surface area contributed by atoms with Crippen molar-refractivity contribution in [3.8, 4) is 0 Å². The van der Waals surface area contributed by atoms with Crippen LogP contribution in [0.5, 0.6) is 0 Å². The van der Waals surface area contributed by atoms with Crippen LogP contribution < -0.4 is 10.0 Å². The van der Waals surface area contributed by atoms with Crippen LogP contribution in [0.15, 0.2) is 82.2 Å². The Hall–Kier alpha value is -2.64. The molecule has 0 unspecified atom stereocenters. The Labute approximate surface area is 166 Å². The van der Waals surface area contributed by atoms with Gasteiger partial charge in [-0.3, -0.25) is 9.52 Å². The van der Waals surface area contributed by atoms with Crippen molar-refractivity contribution in [1.82, 2.24) is 0 Å². The average molecular weight is 445 g/mol. The van der Waals surface area contributed by atoms with Crippen molar-refractivity contribution in [2.75, 3.05) is 10.0 Å². The van der Waals surface area contributed by atoms with Crippen molar-refractivity contribution < 1.29 is 13.2 Å². The largest absolute Gasteiger partial charge is 0.322 e. The number of hydrogen-bond acceptors (Lipinski definition) is 3. The number of hydrogen-bond donors (Lipinski definition) is 2. The Morgan fingerprint density at radius 1 is 0.889 bits per heavy atom. The molecular weight excluding hydrogens is 428 g/mol. The Balaban J connectivity index is 1.71. The van der Waals surface area contributed by atoms with E-state index in [4.69, 9.17) is 0 Å². The molecule has 0 bridgehead atoms. The number of amides is 1. The van der Waals surface area contributed by atoms with Crippen molar-refractivity contribution >= 4 is 43.2 Å². The molecule has 3 rings (SSSR count). The summed E-state index contributed by atoms with van der Waals surface area (Å²) in [5, 5.41) is 2.82. The number of aryl methyl sites for hydroxylation is 1.